The summed E-state index contributed by atoms with van der Waals surface area (Å²) in [4.78, 5) is 0. The molecule has 7 heteroatoms. The molecule has 0 bridgehead atoms. The first-order valence-electron chi connectivity index (χ1n) is 5.91. The SMILES string of the molecule is Cc1cc(C)c(C)c(OCC(/C(N)=N/O)C(F)(F)F)c1. The van der Waals surface area contributed by atoms with Crippen LogP contribution >= 0.6 is 0 Å². The van der Waals surface area contributed by atoms with Gasteiger partial charge in [-0.2, -0.15) is 13.2 Å². The molecule has 1 atom stereocenters. The third-order valence-corrected chi connectivity index (χ3v) is 3.04. The number of oxime groups is 1. The third kappa shape index (κ3) is 3.79. The molecule has 0 spiro atoms. The Labute approximate surface area is 115 Å². The molecule has 20 heavy (non-hydrogen) atoms. The van der Waals surface area contributed by atoms with Crippen molar-refractivity contribution in [2.75, 3.05) is 6.61 Å². The number of nitrogens with two attached hydrogens (primary N) is 1. The van der Waals surface area contributed by atoms with E-state index in [1.165, 1.54) is 0 Å². The van der Waals surface area contributed by atoms with Crippen LogP contribution in [0.2, 0.25) is 0 Å². The van der Waals surface area contributed by atoms with E-state index >= 15 is 0 Å². The predicted octanol–water partition coefficient (Wildman–Crippen LogP) is 2.92. The Bertz CT molecular complexity index is 513. The Kier molecular flexibility index (Phi) is 4.86. The smallest absolute Gasteiger partial charge is 0.402 e. The highest BCUT2D eigenvalue weighted by molar-refractivity contribution is 5.83. The van der Waals surface area contributed by atoms with Gasteiger partial charge in [-0.05, 0) is 43.5 Å². The van der Waals surface area contributed by atoms with Crippen LogP contribution in [0.3, 0.4) is 0 Å². The Morgan fingerprint density at radius 1 is 1.35 bits per heavy atom. The molecule has 1 rings (SSSR count). The first-order valence-corrected chi connectivity index (χ1v) is 5.91. The summed E-state index contributed by atoms with van der Waals surface area (Å²) in [7, 11) is 0. The fourth-order valence-electron chi connectivity index (χ4n) is 1.74. The summed E-state index contributed by atoms with van der Waals surface area (Å²) in [5.74, 6) is -2.70. The molecule has 1 aromatic carbocycles. The topological polar surface area (TPSA) is 67.8 Å². The minimum absolute atomic E-state index is 0.363. The van der Waals surface area contributed by atoms with Gasteiger partial charge in [-0.15, -0.1) is 0 Å². The lowest BCUT2D eigenvalue weighted by molar-refractivity contribution is -0.162. The summed E-state index contributed by atoms with van der Waals surface area (Å²) in [5.41, 5.74) is 7.63. The zero-order chi connectivity index (χ0) is 15.5. The Morgan fingerprint density at radius 3 is 2.45 bits per heavy atom. The lowest BCUT2D eigenvalue weighted by Gasteiger charge is -2.20. The molecule has 0 heterocycles. The van der Waals surface area contributed by atoms with Crippen molar-refractivity contribution in [3.8, 4) is 5.75 Å². The molecular weight excluding hydrogens is 273 g/mol. The van der Waals surface area contributed by atoms with Gasteiger partial charge in [0.25, 0.3) is 0 Å². The number of nitrogens with zero attached hydrogens (tertiary/aromatic N) is 1. The third-order valence-electron chi connectivity index (χ3n) is 3.04. The lowest BCUT2D eigenvalue weighted by atomic mass is 10.1. The predicted molar refractivity (Wildman–Crippen MR) is 69.1 cm³/mol. The van der Waals surface area contributed by atoms with E-state index in [1.807, 2.05) is 19.9 Å². The monoisotopic (exact) mass is 290 g/mol. The Hall–Kier alpha value is -1.92. The molecule has 112 valence electrons. The summed E-state index contributed by atoms with van der Waals surface area (Å²) in [6.45, 7) is 4.70. The van der Waals surface area contributed by atoms with E-state index in [2.05, 4.69) is 5.16 Å². The second-order valence-electron chi connectivity index (χ2n) is 4.64. The van der Waals surface area contributed by atoms with Crippen LogP contribution in [-0.4, -0.2) is 23.8 Å². The van der Waals surface area contributed by atoms with Gasteiger partial charge in [0, 0.05) is 0 Å². The van der Waals surface area contributed by atoms with E-state index in [9.17, 15) is 13.2 Å². The molecule has 0 aliphatic rings. The van der Waals surface area contributed by atoms with Crippen molar-refractivity contribution >= 4 is 5.84 Å². The molecule has 4 nitrogen and oxygen atoms in total. The summed E-state index contributed by atoms with van der Waals surface area (Å²) >= 11 is 0. The standard InChI is InChI=1S/C13H17F3N2O2/c1-7-4-8(2)9(3)11(5-7)20-6-10(12(17)18-19)13(14,15)16/h4-5,10,19H,6H2,1-3H3,(H2,17,18). The summed E-state index contributed by atoms with van der Waals surface area (Å²) in [5, 5.41) is 10.8. The molecule has 0 radical (unpaired) electrons. The number of alkyl halides is 3. The first kappa shape index (κ1) is 16.1. The van der Waals surface area contributed by atoms with Crippen LogP contribution in [0.1, 0.15) is 16.7 Å². The Balaban J connectivity index is 2.94. The van der Waals surface area contributed by atoms with E-state index in [4.69, 9.17) is 15.7 Å². The number of hydrogen-bond acceptors (Lipinski definition) is 3. The number of ether oxygens (including phenoxy) is 1. The number of halogens is 3. The van der Waals surface area contributed by atoms with Crippen molar-refractivity contribution in [3.63, 3.8) is 0 Å². The molecule has 0 fully saturated rings. The van der Waals surface area contributed by atoms with Gasteiger partial charge in [-0.3, -0.25) is 0 Å². The van der Waals surface area contributed by atoms with E-state index in [0.29, 0.717) is 5.75 Å². The molecule has 1 aromatic rings. The summed E-state index contributed by atoms with van der Waals surface area (Å²) in [6.07, 6.45) is -4.64. The van der Waals surface area contributed by atoms with Crippen LogP contribution in [0.15, 0.2) is 17.3 Å². The minimum Gasteiger partial charge on any atom is -0.492 e. The van der Waals surface area contributed by atoms with Crippen LogP contribution in [0, 0.1) is 26.7 Å². The minimum atomic E-state index is -4.64. The average Bonchev–Trinajstić information content (AvgIpc) is 2.33. The second kappa shape index (κ2) is 6.02. The fraction of sp³-hybridized carbons (Fsp3) is 0.462. The quantitative estimate of drug-likeness (QED) is 0.388. The number of benzene rings is 1. The lowest BCUT2D eigenvalue weighted by Crippen LogP contribution is -2.40. The van der Waals surface area contributed by atoms with E-state index in [0.717, 1.165) is 16.7 Å². The molecule has 0 aliphatic carbocycles. The van der Waals surface area contributed by atoms with Gasteiger partial charge < -0.3 is 15.7 Å². The highest BCUT2D eigenvalue weighted by atomic mass is 19.4. The number of hydrogen-bond donors (Lipinski definition) is 2. The highest BCUT2D eigenvalue weighted by Crippen LogP contribution is 2.29. The number of amidine groups is 1. The zero-order valence-corrected chi connectivity index (χ0v) is 11.5. The van der Waals surface area contributed by atoms with Crippen molar-refractivity contribution in [2.45, 2.75) is 26.9 Å². The van der Waals surface area contributed by atoms with Crippen molar-refractivity contribution < 1.29 is 23.1 Å². The van der Waals surface area contributed by atoms with Gasteiger partial charge in [-0.25, -0.2) is 0 Å². The highest BCUT2D eigenvalue weighted by Gasteiger charge is 2.43. The molecular formula is C13H17F3N2O2. The van der Waals surface area contributed by atoms with Crippen LogP contribution < -0.4 is 10.5 Å². The van der Waals surface area contributed by atoms with E-state index in [-0.39, 0.29) is 0 Å². The zero-order valence-electron chi connectivity index (χ0n) is 11.5. The number of aryl methyl sites for hydroxylation is 2. The fourth-order valence-corrected chi connectivity index (χ4v) is 1.74. The molecule has 0 amide bonds. The molecule has 0 aliphatic heterocycles. The first-order chi connectivity index (χ1) is 9.16. The van der Waals surface area contributed by atoms with Gasteiger partial charge >= 0.3 is 6.18 Å². The van der Waals surface area contributed by atoms with Gasteiger partial charge in [0.05, 0.1) is 0 Å². The van der Waals surface area contributed by atoms with E-state index < -0.39 is 24.5 Å². The van der Waals surface area contributed by atoms with Crippen molar-refractivity contribution in [1.29, 1.82) is 0 Å². The largest absolute Gasteiger partial charge is 0.492 e. The van der Waals surface area contributed by atoms with Gasteiger partial charge in [0.15, 0.2) is 5.84 Å². The molecule has 3 N–H and O–H groups in total. The summed E-state index contributed by atoms with van der Waals surface area (Å²) in [6, 6.07) is 3.56. The molecule has 1 unspecified atom stereocenters. The van der Waals surface area contributed by atoms with Gasteiger partial charge in [0.2, 0.25) is 0 Å². The molecule has 0 saturated heterocycles. The normalized spacial score (nSPS) is 14.2. The average molecular weight is 290 g/mol. The molecule has 0 saturated carbocycles. The van der Waals surface area contributed by atoms with Crippen molar-refractivity contribution in [3.05, 3.63) is 28.8 Å². The summed E-state index contributed by atoms with van der Waals surface area (Å²) < 4.78 is 43.5. The second-order valence-corrected chi connectivity index (χ2v) is 4.64. The van der Waals surface area contributed by atoms with E-state index in [1.54, 1.807) is 13.0 Å². The van der Waals surface area contributed by atoms with Crippen molar-refractivity contribution in [1.82, 2.24) is 0 Å². The van der Waals surface area contributed by atoms with Gasteiger partial charge in [0.1, 0.15) is 18.3 Å². The van der Waals surface area contributed by atoms with Crippen LogP contribution in [0.5, 0.6) is 5.75 Å². The molecule has 0 aromatic heterocycles. The maximum atomic E-state index is 12.8. The van der Waals surface area contributed by atoms with Gasteiger partial charge in [-0.1, -0.05) is 11.2 Å². The Morgan fingerprint density at radius 2 is 1.95 bits per heavy atom. The maximum absolute atomic E-state index is 12.8. The van der Waals surface area contributed by atoms with Crippen LogP contribution in [0.25, 0.3) is 0 Å². The van der Waals surface area contributed by atoms with Crippen LogP contribution in [-0.2, 0) is 0 Å². The van der Waals surface area contributed by atoms with Crippen molar-refractivity contribution in [2.24, 2.45) is 16.8 Å². The number of rotatable bonds is 4. The van der Waals surface area contributed by atoms with Crippen LogP contribution in [0.4, 0.5) is 13.2 Å². The maximum Gasteiger partial charge on any atom is 0.402 e.